The number of likely N-dealkylation sites (tertiary alicyclic amines) is 1. The Kier molecular flexibility index (Phi) is 6.16. The number of anilines is 1. The summed E-state index contributed by atoms with van der Waals surface area (Å²) in [5, 5.41) is 3.48. The molecule has 0 spiro atoms. The fraction of sp³-hybridized carbons (Fsp3) is 0.391. The molecule has 1 unspecified atom stereocenters. The van der Waals surface area contributed by atoms with Gasteiger partial charge in [-0.2, -0.15) is 0 Å². The number of hydrogen-bond donors (Lipinski definition) is 1. The Morgan fingerprint density at radius 2 is 1.79 bits per heavy atom. The molecule has 0 saturated carbocycles. The zero-order chi connectivity index (χ0) is 20.2. The highest BCUT2D eigenvalue weighted by Gasteiger charge is 2.36. The van der Waals surface area contributed by atoms with E-state index in [2.05, 4.69) is 11.4 Å². The highest BCUT2D eigenvalue weighted by atomic mass is 35.5. The minimum Gasteiger partial charge on any atom is -0.341 e. The van der Waals surface area contributed by atoms with Crippen molar-refractivity contribution in [2.24, 2.45) is 0 Å². The molecule has 152 valence electrons. The number of carbonyl (C=O) groups excluding carboxylic acids is 2. The van der Waals surface area contributed by atoms with E-state index >= 15 is 0 Å². The highest BCUT2D eigenvalue weighted by molar-refractivity contribution is 6.30. The first-order valence-corrected chi connectivity index (χ1v) is 10.7. The van der Waals surface area contributed by atoms with Crippen LogP contribution < -0.4 is 5.32 Å². The van der Waals surface area contributed by atoms with Crippen LogP contribution in [0.25, 0.3) is 0 Å². The first-order valence-electron chi connectivity index (χ1n) is 10.3. The van der Waals surface area contributed by atoms with E-state index in [-0.39, 0.29) is 18.4 Å². The van der Waals surface area contributed by atoms with E-state index in [9.17, 15) is 9.59 Å². The molecule has 1 atom stereocenters. The van der Waals surface area contributed by atoms with Gasteiger partial charge in [-0.25, -0.2) is 0 Å². The third-order valence-corrected chi connectivity index (χ3v) is 5.98. The fourth-order valence-corrected chi connectivity index (χ4v) is 4.51. The second-order valence-corrected chi connectivity index (χ2v) is 8.20. The Labute approximate surface area is 176 Å². The van der Waals surface area contributed by atoms with Gasteiger partial charge in [-0.3, -0.25) is 14.5 Å². The third kappa shape index (κ3) is 4.62. The Balaban J connectivity index is 1.54. The van der Waals surface area contributed by atoms with Gasteiger partial charge in [0.1, 0.15) is 6.04 Å². The van der Waals surface area contributed by atoms with E-state index in [4.69, 9.17) is 11.6 Å². The van der Waals surface area contributed by atoms with Gasteiger partial charge in [-0.05, 0) is 55.0 Å². The number of nitrogens with zero attached hydrogens (tertiary/aromatic N) is 2. The van der Waals surface area contributed by atoms with Crippen LogP contribution >= 0.6 is 11.6 Å². The lowest BCUT2D eigenvalue weighted by molar-refractivity contribution is -0.139. The predicted molar refractivity (Wildman–Crippen MR) is 115 cm³/mol. The quantitative estimate of drug-likeness (QED) is 0.830. The zero-order valence-electron chi connectivity index (χ0n) is 16.4. The van der Waals surface area contributed by atoms with Crippen molar-refractivity contribution >= 4 is 29.1 Å². The van der Waals surface area contributed by atoms with Gasteiger partial charge in [0, 0.05) is 30.3 Å². The van der Waals surface area contributed by atoms with Crippen molar-refractivity contribution in [2.75, 3.05) is 31.5 Å². The maximum absolute atomic E-state index is 13.4. The number of rotatable bonds is 4. The second-order valence-electron chi connectivity index (χ2n) is 7.77. The number of fused-ring (bicyclic) bond motifs is 1. The number of benzene rings is 2. The zero-order valence-corrected chi connectivity index (χ0v) is 17.2. The van der Waals surface area contributed by atoms with Crippen LogP contribution in [0.4, 0.5) is 5.69 Å². The first kappa shape index (κ1) is 19.9. The molecule has 2 aromatic rings. The average Bonchev–Trinajstić information content (AvgIpc) is 2.74. The molecular weight excluding hydrogens is 386 g/mol. The van der Waals surface area contributed by atoms with Crippen LogP contribution in [0.3, 0.4) is 0 Å². The minimum absolute atomic E-state index is 0.118. The molecule has 2 aliphatic heterocycles. The molecule has 4 rings (SSSR count). The molecule has 2 amide bonds. The average molecular weight is 412 g/mol. The van der Waals surface area contributed by atoms with Crippen LogP contribution in [0.15, 0.2) is 48.5 Å². The van der Waals surface area contributed by atoms with Crippen LogP contribution in [0.2, 0.25) is 5.02 Å². The summed E-state index contributed by atoms with van der Waals surface area (Å²) in [6, 6.07) is 14.8. The fourth-order valence-electron chi connectivity index (χ4n) is 4.32. The SMILES string of the molecule is O=C(CN1CCc2ccccc2C1C(=O)N1CCCCC1)Nc1cccc(Cl)c1. The Bertz CT molecular complexity index is 895. The van der Waals surface area contributed by atoms with Crippen LogP contribution in [-0.4, -0.2) is 47.8 Å². The summed E-state index contributed by atoms with van der Waals surface area (Å²) in [7, 11) is 0. The van der Waals surface area contributed by atoms with Crippen molar-refractivity contribution in [3.8, 4) is 0 Å². The molecule has 6 heteroatoms. The maximum Gasteiger partial charge on any atom is 0.244 e. The molecular formula is C23H26ClN3O2. The molecule has 0 bridgehead atoms. The summed E-state index contributed by atoms with van der Waals surface area (Å²) in [6.45, 7) is 2.47. The Morgan fingerprint density at radius 1 is 1.00 bits per heavy atom. The van der Waals surface area contributed by atoms with E-state index in [1.807, 2.05) is 34.1 Å². The Morgan fingerprint density at radius 3 is 2.59 bits per heavy atom. The number of hydrogen-bond acceptors (Lipinski definition) is 3. The molecule has 0 aromatic heterocycles. The topological polar surface area (TPSA) is 52.7 Å². The summed E-state index contributed by atoms with van der Waals surface area (Å²) in [5.74, 6) is -0.0181. The molecule has 29 heavy (non-hydrogen) atoms. The minimum atomic E-state index is -0.400. The number of piperidine rings is 1. The largest absolute Gasteiger partial charge is 0.341 e. The van der Waals surface area contributed by atoms with Gasteiger partial charge >= 0.3 is 0 Å². The summed E-state index contributed by atoms with van der Waals surface area (Å²) >= 11 is 6.02. The monoisotopic (exact) mass is 411 g/mol. The van der Waals surface area contributed by atoms with Crippen molar-refractivity contribution in [3.05, 3.63) is 64.7 Å². The molecule has 2 aromatic carbocycles. The standard InChI is InChI=1S/C23H26ClN3O2/c24-18-8-6-9-19(15-18)25-21(28)16-27-14-11-17-7-2-3-10-20(17)22(27)23(29)26-12-4-1-5-13-26/h2-3,6-10,15,22H,1,4-5,11-14,16H2,(H,25,28). The highest BCUT2D eigenvalue weighted by Crippen LogP contribution is 2.32. The van der Waals surface area contributed by atoms with Crippen molar-refractivity contribution < 1.29 is 9.59 Å². The van der Waals surface area contributed by atoms with Gasteiger partial charge in [0.05, 0.1) is 6.54 Å². The van der Waals surface area contributed by atoms with Gasteiger partial charge < -0.3 is 10.2 Å². The lowest BCUT2D eigenvalue weighted by atomic mass is 9.91. The van der Waals surface area contributed by atoms with Gasteiger partial charge in [0.2, 0.25) is 11.8 Å². The van der Waals surface area contributed by atoms with E-state index in [0.29, 0.717) is 17.3 Å². The first-order chi connectivity index (χ1) is 14.1. The molecule has 1 fully saturated rings. The summed E-state index contributed by atoms with van der Waals surface area (Å²) in [6.07, 6.45) is 4.12. The number of amides is 2. The maximum atomic E-state index is 13.4. The summed E-state index contributed by atoms with van der Waals surface area (Å²) in [4.78, 5) is 30.2. The number of nitrogens with one attached hydrogen (secondary N) is 1. The van der Waals surface area contributed by atoms with Crippen LogP contribution in [0, 0.1) is 0 Å². The second kappa shape index (κ2) is 8.97. The van der Waals surface area contributed by atoms with E-state index in [1.54, 1.807) is 18.2 Å². The normalized spacial score (nSPS) is 19.5. The van der Waals surface area contributed by atoms with Crippen molar-refractivity contribution in [2.45, 2.75) is 31.7 Å². The van der Waals surface area contributed by atoms with E-state index in [1.165, 1.54) is 12.0 Å². The van der Waals surface area contributed by atoms with E-state index < -0.39 is 6.04 Å². The molecule has 1 saturated heterocycles. The van der Waals surface area contributed by atoms with Gasteiger partial charge in [-0.1, -0.05) is 41.9 Å². The van der Waals surface area contributed by atoms with Crippen molar-refractivity contribution in [1.82, 2.24) is 9.80 Å². The molecule has 2 heterocycles. The molecule has 0 radical (unpaired) electrons. The van der Waals surface area contributed by atoms with Crippen LogP contribution in [-0.2, 0) is 16.0 Å². The van der Waals surface area contributed by atoms with Crippen molar-refractivity contribution in [1.29, 1.82) is 0 Å². The Hall–Kier alpha value is -2.37. The number of carbonyl (C=O) groups is 2. The van der Waals surface area contributed by atoms with Gasteiger partial charge in [0.25, 0.3) is 0 Å². The lowest BCUT2D eigenvalue weighted by Crippen LogP contribution is -2.49. The van der Waals surface area contributed by atoms with E-state index in [0.717, 1.165) is 37.9 Å². The predicted octanol–water partition coefficient (Wildman–Crippen LogP) is 3.89. The van der Waals surface area contributed by atoms with Crippen LogP contribution in [0.5, 0.6) is 0 Å². The van der Waals surface area contributed by atoms with Gasteiger partial charge in [-0.15, -0.1) is 0 Å². The molecule has 5 nitrogen and oxygen atoms in total. The number of halogens is 1. The van der Waals surface area contributed by atoms with Gasteiger partial charge in [0.15, 0.2) is 0 Å². The molecule has 2 aliphatic rings. The van der Waals surface area contributed by atoms with Crippen molar-refractivity contribution in [3.63, 3.8) is 0 Å². The van der Waals surface area contributed by atoms with Crippen LogP contribution in [0.1, 0.15) is 36.4 Å². The molecule has 0 aliphatic carbocycles. The summed E-state index contributed by atoms with van der Waals surface area (Å²) in [5.41, 5.74) is 2.90. The summed E-state index contributed by atoms with van der Waals surface area (Å²) < 4.78 is 0. The smallest absolute Gasteiger partial charge is 0.244 e. The molecule has 1 N–H and O–H groups in total. The lowest BCUT2D eigenvalue weighted by Gasteiger charge is -2.39. The third-order valence-electron chi connectivity index (χ3n) is 5.74.